The molecule has 0 aromatic carbocycles. The van der Waals surface area contributed by atoms with Gasteiger partial charge in [0.25, 0.3) is 0 Å². The zero-order chi connectivity index (χ0) is 6.24. The minimum Gasteiger partial charge on any atom is -0.169 e. The molecule has 0 aromatic heterocycles. The molecule has 0 amide bonds. The molecule has 0 heterocycles. The van der Waals surface area contributed by atoms with Crippen molar-refractivity contribution in [3.05, 3.63) is 24.3 Å². The summed E-state index contributed by atoms with van der Waals surface area (Å²) < 4.78 is 0. The second kappa shape index (κ2) is 6.83. The largest absolute Gasteiger partial charge is 0.169 e. The molecule has 0 nitrogen and oxygen atoms in total. The SMILES string of the molecule is C1=CCC=C1.CSC. The lowest BCUT2D eigenvalue weighted by atomic mass is 10.5. The molecule has 0 fully saturated rings. The van der Waals surface area contributed by atoms with Gasteiger partial charge in [-0.3, -0.25) is 0 Å². The first-order valence-electron chi connectivity index (χ1n) is 2.63. The van der Waals surface area contributed by atoms with Crippen LogP contribution in [0, 0.1) is 0 Å². The smallest absolute Gasteiger partial charge is 0.0163 e. The van der Waals surface area contributed by atoms with Crippen molar-refractivity contribution in [1.29, 1.82) is 0 Å². The highest BCUT2D eigenvalue weighted by Crippen LogP contribution is 1.93. The lowest BCUT2D eigenvalue weighted by Crippen LogP contribution is -1.37. The molecule has 8 heavy (non-hydrogen) atoms. The van der Waals surface area contributed by atoms with Crippen LogP contribution < -0.4 is 0 Å². The monoisotopic (exact) mass is 128 g/mol. The van der Waals surface area contributed by atoms with Gasteiger partial charge in [0.05, 0.1) is 0 Å². The summed E-state index contributed by atoms with van der Waals surface area (Å²) in [5.41, 5.74) is 0. The van der Waals surface area contributed by atoms with Crippen LogP contribution in [-0.2, 0) is 0 Å². The van der Waals surface area contributed by atoms with Crippen molar-refractivity contribution in [2.75, 3.05) is 12.5 Å². The van der Waals surface area contributed by atoms with Crippen molar-refractivity contribution in [2.45, 2.75) is 6.42 Å². The maximum absolute atomic E-state index is 2.12. The topological polar surface area (TPSA) is 0 Å². The van der Waals surface area contributed by atoms with Gasteiger partial charge < -0.3 is 0 Å². The Balaban J connectivity index is 0.000000145. The van der Waals surface area contributed by atoms with E-state index in [4.69, 9.17) is 0 Å². The summed E-state index contributed by atoms with van der Waals surface area (Å²) in [5.74, 6) is 0. The Hall–Kier alpha value is -0.170. The van der Waals surface area contributed by atoms with Crippen LogP contribution in [0.4, 0.5) is 0 Å². The Kier molecular flexibility index (Phi) is 6.68. The molecule has 1 rings (SSSR count). The highest BCUT2D eigenvalue weighted by Gasteiger charge is 1.72. The van der Waals surface area contributed by atoms with E-state index in [1.807, 2.05) is 12.5 Å². The average Bonchev–Trinajstić information content (AvgIpc) is 2.17. The van der Waals surface area contributed by atoms with E-state index in [0.29, 0.717) is 0 Å². The summed E-state index contributed by atoms with van der Waals surface area (Å²) >= 11 is 1.75. The molecule has 0 saturated carbocycles. The molecule has 0 bridgehead atoms. The highest BCUT2D eigenvalue weighted by atomic mass is 32.2. The molecule has 0 aromatic rings. The molecule has 0 radical (unpaired) electrons. The van der Waals surface area contributed by atoms with Crippen LogP contribution in [0.5, 0.6) is 0 Å². The van der Waals surface area contributed by atoms with Gasteiger partial charge in [-0.05, 0) is 18.9 Å². The van der Waals surface area contributed by atoms with Gasteiger partial charge in [-0.1, -0.05) is 24.3 Å². The van der Waals surface area contributed by atoms with Gasteiger partial charge >= 0.3 is 0 Å². The van der Waals surface area contributed by atoms with Crippen LogP contribution in [0.15, 0.2) is 24.3 Å². The summed E-state index contributed by atoms with van der Waals surface area (Å²) in [6, 6.07) is 0. The van der Waals surface area contributed by atoms with Crippen molar-refractivity contribution in [2.24, 2.45) is 0 Å². The lowest BCUT2D eigenvalue weighted by molar-refractivity contribution is 1.45. The fraction of sp³-hybridized carbons (Fsp3) is 0.429. The molecule has 46 valence electrons. The zero-order valence-corrected chi connectivity index (χ0v) is 6.24. The van der Waals surface area contributed by atoms with Crippen molar-refractivity contribution in [1.82, 2.24) is 0 Å². The second-order valence-electron chi connectivity index (χ2n) is 1.50. The van der Waals surface area contributed by atoms with Gasteiger partial charge in [-0.25, -0.2) is 0 Å². The van der Waals surface area contributed by atoms with E-state index in [2.05, 4.69) is 24.3 Å². The molecule has 1 aliphatic rings. The van der Waals surface area contributed by atoms with E-state index in [1.165, 1.54) is 0 Å². The van der Waals surface area contributed by atoms with Crippen molar-refractivity contribution in [3.63, 3.8) is 0 Å². The molecule has 0 saturated heterocycles. The van der Waals surface area contributed by atoms with E-state index < -0.39 is 0 Å². The molecule has 0 unspecified atom stereocenters. The van der Waals surface area contributed by atoms with Gasteiger partial charge in [-0.2, -0.15) is 11.8 Å². The van der Waals surface area contributed by atoms with Crippen LogP contribution in [0.3, 0.4) is 0 Å². The average molecular weight is 128 g/mol. The molecular weight excluding hydrogens is 116 g/mol. The summed E-state index contributed by atoms with van der Waals surface area (Å²) in [6.07, 6.45) is 13.6. The minimum absolute atomic E-state index is 1.14. The van der Waals surface area contributed by atoms with Crippen molar-refractivity contribution >= 4 is 11.8 Å². The minimum atomic E-state index is 1.14. The Labute approximate surface area is 55.7 Å². The van der Waals surface area contributed by atoms with Crippen LogP contribution in [-0.4, -0.2) is 12.5 Å². The van der Waals surface area contributed by atoms with Crippen LogP contribution in [0.2, 0.25) is 0 Å². The van der Waals surface area contributed by atoms with Crippen molar-refractivity contribution in [3.8, 4) is 0 Å². The van der Waals surface area contributed by atoms with Crippen LogP contribution >= 0.6 is 11.8 Å². The maximum Gasteiger partial charge on any atom is -0.0163 e. The summed E-state index contributed by atoms with van der Waals surface area (Å²) in [7, 11) is 0. The zero-order valence-electron chi connectivity index (χ0n) is 5.42. The summed E-state index contributed by atoms with van der Waals surface area (Å²) in [5, 5.41) is 0. The Morgan fingerprint density at radius 2 is 1.50 bits per heavy atom. The molecular formula is C7H12S. The molecule has 1 heteroatoms. The van der Waals surface area contributed by atoms with E-state index in [0.717, 1.165) is 6.42 Å². The fourth-order valence-corrected chi connectivity index (χ4v) is 0.393. The van der Waals surface area contributed by atoms with E-state index >= 15 is 0 Å². The Morgan fingerprint density at radius 3 is 1.62 bits per heavy atom. The first-order chi connectivity index (χ1) is 3.91. The highest BCUT2D eigenvalue weighted by molar-refractivity contribution is 7.97. The standard InChI is InChI=1S/C5H6.C2H6S/c1-2-4-5-3-1;1-3-2/h1-4H,5H2;1-2H3. The predicted octanol–water partition coefficient (Wildman–Crippen LogP) is 2.48. The van der Waals surface area contributed by atoms with E-state index in [9.17, 15) is 0 Å². The van der Waals surface area contributed by atoms with Gasteiger partial charge in [0.2, 0.25) is 0 Å². The van der Waals surface area contributed by atoms with E-state index in [1.54, 1.807) is 11.8 Å². The molecule has 0 aliphatic heterocycles. The Morgan fingerprint density at radius 1 is 1.12 bits per heavy atom. The summed E-state index contributed by atoms with van der Waals surface area (Å²) in [6.45, 7) is 0. The summed E-state index contributed by atoms with van der Waals surface area (Å²) in [4.78, 5) is 0. The first kappa shape index (κ1) is 7.83. The van der Waals surface area contributed by atoms with E-state index in [-0.39, 0.29) is 0 Å². The third-order valence-corrected chi connectivity index (χ3v) is 0.655. The van der Waals surface area contributed by atoms with Crippen LogP contribution in [0.1, 0.15) is 6.42 Å². The number of allylic oxidation sites excluding steroid dienone is 4. The maximum atomic E-state index is 2.12. The van der Waals surface area contributed by atoms with Gasteiger partial charge in [0.1, 0.15) is 0 Å². The van der Waals surface area contributed by atoms with Gasteiger partial charge in [0.15, 0.2) is 0 Å². The number of hydrogen-bond acceptors (Lipinski definition) is 1. The van der Waals surface area contributed by atoms with Gasteiger partial charge in [0, 0.05) is 0 Å². The number of hydrogen-bond donors (Lipinski definition) is 0. The predicted molar refractivity (Wildman–Crippen MR) is 42.3 cm³/mol. The van der Waals surface area contributed by atoms with Crippen molar-refractivity contribution < 1.29 is 0 Å². The molecule has 0 spiro atoms. The third kappa shape index (κ3) is 5.83. The lowest BCUT2D eigenvalue weighted by Gasteiger charge is -1.57. The fourth-order valence-electron chi connectivity index (χ4n) is 0.393. The first-order valence-corrected chi connectivity index (χ1v) is 4.27. The third-order valence-electron chi connectivity index (χ3n) is 0.655. The Bertz CT molecular complexity index is 72.4. The quantitative estimate of drug-likeness (QED) is 0.483. The number of thioether (sulfide) groups is 1. The van der Waals surface area contributed by atoms with Crippen LogP contribution in [0.25, 0.3) is 0 Å². The molecule has 0 N–H and O–H groups in total. The normalized spacial score (nSPS) is 13.2. The molecule has 1 aliphatic carbocycles. The number of rotatable bonds is 0. The van der Waals surface area contributed by atoms with Gasteiger partial charge in [-0.15, -0.1) is 0 Å². The molecule has 0 atom stereocenters. The second-order valence-corrected chi connectivity index (χ2v) is 2.32.